The second-order valence-electron chi connectivity index (χ2n) is 20.4. The van der Waals surface area contributed by atoms with Gasteiger partial charge in [-0.25, -0.2) is 19.0 Å². The number of aromatic nitrogens is 7. The number of likely N-dealkylation sites (tertiary alicyclic amines) is 1. The van der Waals surface area contributed by atoms with Crippen LogP contribution < -0.4 is 30.7 Å². The summed E-state index contributed by atoms with van der Waals surface area (Å²) in [4.78, 5) is 50.1. The maximum atomic E-state index is 15.7. The van der Waals surface area contributed by atoms with Gasteiger partial charge in [-0.3, -0.25) is 9.59 Å². The Labute approximate surface area is 454 Å². The minimum atomic E-state index is -1.01. The molecule has 4 aromatic carbocycles. The van der Waals surface area contributed by atoms with Crippen LogP contribution in [-0.4, -0.2) is 138 Å². The molecule has 3 aliphatic heterocycles. The number of nitrogens with zero attached hydrogens (tertiary/aromatic N) is 9. The van der Waals surface area contributed by atoms with Crippen molar-refractivity contribution in [1.29, 1.82) is 5.41 Å². The zero-order valence-corrected chi connectivity index (χ0v) is 44.5. The van der Waals surface area contributed by atoms with Gasteiger partial charge in [-0.2, -0.15) is 9.97 Å². The predicted molar refractivity (Wildman–Crippen MR) is 292 cm³/mol. The number of halogens is 2. The van der Waals surface area contributed by atoms with Crippen LogP contribution in [0.4, 0.5) is 15.9 Å². The first-order valence-electron chi connectivity index (χ1n) is 25.8. The Morgan fingerprint density at radius 2 is 1.74 bits per heavy atom. The second kappa shape index (κ2) is 22.7. The van der Waals surface area contributed by atoms with Gasteiger partial charge in [-0.15, -0.1) is 5.10 Å². The van der Waals surface area contributed by atoms with E-state index in [1.165, 1.54) is 22.0 Å². The highest BCUT2D eigenvalue weighted by Gasteiger charge is 2.44. The number of nitrogen functional groups attached to an aromatic ring is 1. The SMILES string of the molecule is CO[C@@H](C)COc1nc(N2C[C@@H]3C[C@H]2CN3)c2cc(Cl)c(-c3c(C)c(F)cc(N)c3C=N)c(OCc3ccc(-c4cn([C@H](C(=O)N5C[C@H](O)C[C@H]5C(=O)N[C@@H](CO)c5ccc(-c6cncnc6)cc5)C(C)C)nn4)cc3)c2n1. The Balaban J connectivity index is 0.911. The van der Waals surface area contributed by atoms with E-state index in [9.17, 15) is 19.8 Å². The highest BCUT2D eigenvalue weighted by molar-refractivity contribution is 6.35. The fraction of sp³-hybridized carbons (Fsp3) is 0.375. The number of amides is 2. The van der Waals surface area contributed by atoms with Crippen molar-refractivity contribution in [2.24, 2.45) is 5.92 Å². The lowest BCUT2D eigenvalue weighted by Crippen LogP contribution is -2.50. The molecular formula is C56H61ClFN13O7. The van der Waals surface area contributed by atoms with Gasteiger partial charge in [0.25, 0.3) is 0 Å². The highest BCUT2D eigenvalue weighted by atomic mass is 35.5. The number of aliphatic hydroxyl groups excluding tert-OH is 2. The summed E-state index contributed by atoms with van der Waals surface area (Å²) in [7, 11) is 1.59. The number of aliphatic hydroxyl groups is 2. The fourth-order valence-corrected chi connectivity index (χ4v) is 11.0. The summed E-state index contributed by atoms with van der Waals surface area (Å²) >= 11 is 7.30. The predicted octanol–water partition coefficient (Wildman–Crippen LogP) is 6.24. The Kier molecular flexibility index (Phi) is 15.6. The Bertz CT molecular complexity index is 3350. The van der Waals surface area contributed by atoms with Crippen LogP contribution in [0.25, 0.3) is 44.4 Å². The highest BCUT2D eigenvalue weighted by Crippen LogP contribution is 2.48. The van der Waals surface area contributed by atoms with E-state index in [4.69, 9.17) is 46.9 Å². The van der Waals surface area contributed by atoms with Crippen molar-refractivity contribution in [3.8, 4) is 45.3 Å². The molecule has 3 aromatic heterocycles. The lowest BCUT2D eigenvalue weighted by Gasteiger charge is -2.30. The van der Waals surface area contributed by atoms with Gasteiger partial charge in [0.15, 0.2) is 5.75 Å². The Hall–Kier alpha value is -7.69. The van der Waals surface area contributed by atoms with Crippen molar-refractivity contribution < 1.29 is 38.4 Å². The van der Waals surface area contributed by atoms with Gasteiger partial charge in [-0.05, 0) is 60.6 Å². The van der Waals surface area contributed by atoms with Crippen molar-refractivity contribution in [2.45, 2.75) is 89.6 Å². The summed E-state index contributed by atoms with van der Waals surface area (Å²) in [6, 6.07) is 15.5. The van der Waals surface area contributed by atoms with Gasteiger partial charge in [0.1, 0.15) is 54.5 Å². The smallest absolute Gasteiger partial charge is 0.319 e. The third-order valence-corrected chi connectivity index (χ3v) is 15.2. The van der Waals surface area contributed by atoms with Crippen molar-refractivity contribution in [2.75, 3.05) is 50.6 Å². The molecule has 0 radical (unpaired) electrons. The van der Waals surface area contributed by atoms with E-state index in [-0.39, 0.29) is 89.4 Å². The van der Waals surface area contributed by atoms with E-state index in [0.29, 0.717) is 45.6 Å². The van der Waals surface area contributed by atoms with Crippen LogP contribution in [0.2, 0.25) is 5.02 Å². The molecule has 3 fully saturated rings. The molecule has 3 aliphatic rings. The summed E-state index contributed by atoms with van der Waals surface area (Å²) in [5.74, 6) is -0.982. The number of ether oxygens (including phenoxy) is 3. The first kappa shape index (κ1) is 53.7. The van der Waals surface area contributed by atoms with Gasteiger partial charge >= 0.3 is 6.01 Å². The lowest BCUT2D eigenvalue weighted by atomic mass is 9.92. The number of carbonyl (C=O) groups excluding carboxylic acids is 2. The molecule has 7 N–H and O–H groups in total. The van der Waals surface area contributed by atoms with Crippen molar-refractivity contribution >= 4 is 52.0 Å². The molecule has 2 amide bonds. The number of hydrogen-bond acceptors (Lipinski definition) is 17. The number of nitrogens with two attached hydrogens (primary N) is 1. The molecule has 78 heavy (non-hydrogen) atoms. The number of nitrogens with one attached hydrogen (secondary N) is 3. The number of anilines is 2. The average Bonchev–Trinajstić information content (AvgIpc) is 4.42. The third kappa shape index (κ3) is 10.7. The maximum Gasteiger partial charge on any atom is 0.319 e. The van der Waals surface area contributed by atoms with Crippen LogP contribution in [0.5, 0.6) is 11.8 Å². The molecule has 6 heterocycles. The molecule has 10 rings (SSSR count). The fourth-order valence-electron chi connectivity index (χ4n) is 10.7. The number of rotatable bonds is 19. The second-order valence-corrected chi connectivity index (χ2v) is 20.9. The van der Waals surface area contributed by atoms with E-state index in [0.717, 1.165) is 35.9 Å². The summed E-state index contributed by atoms with van der Waals surface area (Å²) in [6.45, 7) is 8.37. The quantitative estimate of drug-likeness (QED) is 0.0386. The van der Waals surface area contributed by atoms with Crippen molar-refractivity contribution in [3.05, 3.63) is 119 Å². The van der Waals surface area contributed by atoms with Crippen molar-refractivity contribution in [1.82, 2.24) is 50.5 Å². The Morgan fingerprint density at radius 1 is 1.00 bits per heavy atom. The zero-order valence-electron chi connectivity index (χ0n) is 43.7. The molecule has 0 unspecified atom stereocenters. The monoisotopic (exact) mass is 1080 g/mol. The minimum Gasteiger partial charge on any atom is -0.486 e. The first-order valence-corrected chi connectivity index (χ1v) is 26.2. The number of piperazine rings is 1. The molecule has 7 atom stereocenters. The largest absolute Gasteiger partial charge is 0.486 e. The normalized spacial score (nSPS) is 19.1. The summed E-state index contributed by atoms with van der Waals surface area (Å²) in [5, 5.41) is 45.7. The van der Waals surface area contributed by atoms with E-state index in [2.05, 4.69) is 35.8 Å². The number of carbonyl (C=O) groups is 2. The van der Waals surface area contributed by atoms with Crippen LogP contribution in [0.1, 0.15) is 68.0 Å². The Morgan fingerprint density at radius 3 is 2.41 bits per heavy atom. The summed E-state index contributed by atoms with van der Waals surface area (Å²) in [6.07, 6.45) is 7.31. The molecule has 20 nitrogen and oxygen atoms in total. The van der Waals surface area contributed by atoms with E-state index < -0.39 is 48.5 Å². The maximum absolute atomic E-state index is 15.7. The summed E-state index contributed by atoms with van der Waals surface area (Å²) < 4.78 is 35.6. The molecular weight excluding hydrogens is 1020 g/mol. The molecule has 0 aliphatic carbocycles. The van der Waals surface area contributed by atoms with Gasteiger partial charge in [-0.1, -0.05) is 79.2 Å². The molecule has 406 valence electrons. The van der Waals surface area contributed by atoms with Gasteiger partial charge < -0.3 is 56.0 Å². The van der Waals surface area contributed by atoms with E-state index in [1.54, 1.807) is 50.8 Å². The number of methoxy groups -OCH3 is 1. The topological polar surface area (TPSA) is 265 Å². The van der Waals surface area contributed by atoms with Gasteiger partial charge in [0.05, 0.1) is 36.1 Å². The molecule has 7 aromatic rings. The molecule has 0 spiro atoms. The first-order chi connectivity index (χ1) is 37.6. The van der Waals surface area contributed by atoms with Crippen molar-refractivity contribution in [3.63, 3.8) is 0 Å². The van der Waals surface area contributed by atoms with Gasteiger partial charge in [0.2, 0.25) is 11.8 Å². The van der Waals surface area contributed by atoms with Crippen LogP contribution >= 0.6 is 11.6 Å². The average molecular weight is 1080 g/mol. The minimum absolute atomic E-state index is 0.0104. The number of fused-ring (bicyclic) bond motifs is 3. The number of hydrogen-bond donors (Lipinski definition) is 6. The van der Waals surface area contributed by atoms with Crippen LogP contribution in [0.15, 0.2) is 85.6 Å². The van der Waals surface area contributed by atoms with E-state index in [1.807, 2.05) is 57.2 Å². The molecule has 2 bridgehead atoms. The zero-order chi connectivity index (χ0) is 54.9. The standard InChI is InChI=1S/C56H61ClFN13O7/c1-29(2)51(55(75)70-23-39(73)15-47(70)54(74)64-46(25-72)35-12-10-33(11-13-35)36-19-61-28-62-20-36)71-24-45(67-68-71)34-8-6-32(7-9-34)27-77-52-49(48-31(4)43(58)17-44(60)41(48)18-59)42(57)16-40-50(52)65-56(78-26-30(3)76-5)66-53(40)69-22-37-14-38(69)21-63-37/h6-13,16-20,24,28-30,37-39,46-47,51,59,63,72-73H,14-15,21-23,25-27,60H2,1-5H3,(H,64,74)/t30-,37-,38-,39+,46-,47-,51-/m0/s1. The van der Waals surface area contributed by atoms with Gasteiger partial charge in [0, 0.05) is 103 Å². The molecule has 22 heteroatoms. The molecule has 3 saturated heterocycles. The number of benzene rings is 4. The summed E-state index contributed by atoms with van der Waals surface area (Å²) in [5.41, 5.74) is 12.0. The van der Waals surface area contributed by atoms with Crippen LogP contribution in [0, 0.1) is 24.1 Å². The lowest BCUT2D eigenvalue weighted by molar-refractivity contribution is -0.142. The van der Waals surface area contributed by atoms with E-state index >= 15 is 4.39 Å². The third-order valence-electron chi connectivity index (χ3n) is 14.9. The van der Waals surface area contributed by atoms with Crippen LogP contribution in [-0.2, 0) is 20.9 Å². The molecule has 0 saturated carbocycles. The number of β-amino-alcohol motifs (C(OH)–C–C–N with tert-alkyl or cyclic N) is 1. The van der Waals surface area contributed by atoms with Crippen LogP contribution in [0.3, 0.4) is 0 Å².